The first kappa shape index (κ1) is 7.98. The second kappa shape index (κ2) is 3.01. The molecule has 1 heterocycles. The van der Waals surface area contributed by atoms with E-state index in [0.717, 1.165) is 0 Å². The number of hydrogen-bond donors (Lipinski definition) is 0. The lowest BCUT2D eigenvalue weighted by Gasteiger charge is -1.95. The fraction of sp³-hybridized carbons (Fsp3) is 0.100. The van der Waals surface area contributed by atoms with Crippen molar-refractivity contribution in [2.24, 2.45) is 0 Å². The molecule has 0 amide bonds. The first-order valence-corrected chi connectivity index (χ1v) is 3.95. The Labute approximate surface area is 75.0 Å². The van der Waals surface area contributed by atoms with Crippen LogP contribution in [0.25, 0.3) is 11.3 Å². The Bertz CT molecular complexity index is 422. The molecular formula is C10H8FNO. The van der Waals surface area contributed by atoms with E-state index in [9.17, 15) is 4.39 Å². The largest absolute Gasteiger partial charge is 0.361 e. The average Bonchev–Trinajstić information content (AvgIpc) is 2.53. The van der Waals surface area contributed by atoms with Crippen LogP contribution in [-0.4, -0.2) is 5.16 Å². The molecule has 0 atom stereocenters. The molecule has 1 aromatic heterocycles. The molecule has 0 bridgehead atoms. The molecule has 13 heavy (non-hydrogen) atoms. The third kappa shape index (κ3) is 1.45. The summed E-state index contributed by atoms with van der Waals surface area (Å²) < 4.78 is 18.1. The van der Waals surface area contributed by atoms with Gasteiger partial charge in [-0.2, -0.15) is 0 Å². The number of nitrogens with zero attached hydrogens (tertiary/aromatic N) is 1. The summed E-state index contributed by atoms with van der Waals surface area (Å²) in [5, 5.41) is 3.73. The van der Waals surface area contributed by atoms with Crippen LogP contribution in [-0.2, 0) is 0 Å². The Morgan fingerprint density at radius 3 is 2.69 bits per heavy atom. The smallest absolute Gasteiger partial charge is 0.134 e. The van der Waals surface area contributed by atoms with Crippen molar-refractivity contribution < 1.29 is 8.91 Å². The highest BCUT2D eigenvalue weighted by Crippen LogP contribution is 2.21. The number of aryl methyl sites for hydroxylation is 1. The lowest BCUT2D eigenvalue weighted by molar-refractivity contribution is 0.399. The Balaban J connectivity index is 2.52. The minimum atomic E-state index is -0.282. The van der Waals surface area contributed by atoms with Crippen LogP contribution in [0.15, 0.2) is 34.9 Å². The fourth-order valence-electron chi connectivity index (χ4n) is 1.16. The normalized spacial score (nSPS) is 10.3. The maximum Gasteiger partial charge on any atom is 0.134 e. The van der Waals surface area contributed by atoms with Gasteiger partial charge in [-0.15, -0.1) is 0 Å². The molecule has 0 saturated heterocycles. The maximum atomic E-state index is 13.2. The van der Waals surface area contributed by atoms with Gasteiger partial charge in [-0.25, -0.2) is 4.39 Å². The van der Waals surface area contributed by atoms with Crippen molar-refractivity contribution in [1.82, 2.24) is 5.16 Å². The van der Waals surface area contributed by atoms with Gasteiger partial charge in [0.1, 0.15) is 17.3 Å². The van der Waals surface area contributed by atoms with Gasteiger partial charge in [0.25, 0.3) is 0 Å². The molecule has 2 nitrogen and oxygen atoms in total. The van der Waals surface area contributed by atoms with Gasteiger partial charge in [-0.05, 0) is 19.1 Å². The Morgan fingerprint density at radius 2 is 2.08 bits per heavy atom. The van der Waals surface area contributed by atoms with E-state index in [0.29, 0.717) is 17.0 Å². The van der Waals surface area contributed by atoms with Crippen LogP contribution in [0.2, 0.25) is 0 Å². The topological polar surface area (TPSA) is 26.0 Å². The standard InChI is InChI=1S/C10H8FNO/c1-7-6-10(12-13-7)8-4-2-3-5-9(8)11/h2-6H,1H3. The quantitative estimate of drug-likeness (QED) is 0.669. The van der Waals surface area contributed by atoms with E-state index >= 15 is 0 Å². The molecule has 0 aliphatic carbocycles. The second-order valence-electron chi connectivity index (χ2n) is 2.80. The summed E-state index contributed by atoms with van der Waals surface area (Å²) in [6.45, 7) is 1.78. The van der Waals surface area contributed by atoms with E-state index < -0.39 is 0 Å². The molecule has 0 radical (unpaired) electrons. The molecule has 0 spiro atoms. The molecule has 0 saturated carbocycles. The van der Waals surface area contributed by atoms with Gasteiger partial charge in [0.05, 0.1) is 0 Å². The minimum Gasteiger partial charge on any atom is -0.361 e. The number of halogens is 1. The zero-order chi connectivity index (χ0) is 9.26. The van der Waals surface area contributed by atoms with Crippen molar-refractivity contribution in [1.29, 1.82) is 0 Å². The summed E-state index contributed by atoms with van der Waals surface area (Å²) in [6, 6.07) is 8.19. The van der Waals surface area contributed by atoms with Gasteiger partial charge in [-0.1, -0.05) is 17.3 Å². The Kier molecular flexibility index (Phi) is 1.85. The summed E-state index contributed by atoms with van der Waals surface area (Å²) in [5.74, 6) is 0.397. The minimum absolute atomic E-state index is 0.282. The molecule has 3 heteroatoms. The van der Waals surface area contributed by atoms with Crippen LogP contribution in [0.4, 0.5) is 4.39 Å². The molecule has 0 fully saturated rings. The molecular weight excluding hydrogens is 169 g/mol. The summed E-state index contributed by atoms with van der Waals surface area (Å²) in [4.78, 5) is 0. The van der Waals surface area contributed by atoms with Crippen molar-refractivity contribution >= 4 is 0 Å². The molecule has 0 aliphatic heterocycles. The van der Waals surface area contributed by atoms with E-state index in [1.807, 2.05) is 0 Å². The maximum absolute atomic E-state index is 13.2. The zero-order valence-corrected chi connectivity index (χ0v) is 7.12. The van der Waals surface area contributed by atoms with Crippen LogP contribution in [0.3, 0.4) is 0 Å². The average molecular weight is 177 g/mol. The summed E-state index contributed by atoms with van der Waals surface area (Å²) in [7, 11) is 0. The van der Waals surface area contributed by atoms with E-state index in [1.165, 1.54) is 6.07 Å². The summed E-state index contributed by atoms with van der Waals surface area (Å²) in [5.41, 5.74) is 1.01. The molecule has 1 aromatic carbocycles. The first-order chi connectivity index (χ1) is 6.27. The van der Waals surface area contributed by atoms with Crippen LogP contribution in [0.1, 0.15) is 5.76 Å². The van der Waals surface area contributed by atoms with Crippen molar-refractivity contribution in [2.45, 2.75) is 6.92 Å². The predicted molar refractivity (Wildman–Crippen MR) is 46.6 cm³/mol. The monoisotopic (exact) mass is 177 g/mol. The van der Waals surface area contributed by atoms with Crippen molar-refractivity contribution in [3.05, 3.63) is 41.9 Å². The summed E-state index contributed by atoms with van der Waals surface area (Å²) >= 11 is 0. The highest BCUT2D eigenvalue weighted by Gasteiger charge is 2.07. The van der Waals surface area contributed by atoms with Gasteiger partial charge in [0.15, 0.2) is 0 Å². The molecule has 66 valence electrons. The molecule has 2 rings (SSSR count). The van der Waals surface area contributed by atoms with Crippen molar-refractivity contribution in [2.75, 3.05) is 0 Å². The Hall–Kier alpha value is -1.64. The van der Waals surface area contributed by atoms with E-state index in [2.05, 4.69) is 5.16 Å². The van der Waals surface area contributed by atoms with E-state index in [1.54, 1.807) is 31.2 Å². The molecule has 0 aliphatic rings. The fourth-order valence-corrected chi connectivity index (χ4v) is 1.16. The number of hydrogen-bond acceptors (Lipinski definition) is 2. The van der Waals surface area contributed by atoms with E-state index in [-0.39, 0.29) is 5.82 Å². The van der Waals surface area contributed by atoms with Crippen LogP contribution in [0.5, 0.6) is 0 Å². The van der Waals surface area contributed by atoms with Gasteiger partial charge in [0.2, 0.25) is 0 Å². The molecule has 0 unspecified atom stereocenters. The number of aromatic nitrogens is 1. The van der Waals surface area contributed by atoms with Gasteiger partial charge in [0, 0.05) is 11.6 Å². The number of rotatable bonds is 1. The first-order valence-electron chi connectivity index (χ1n) is 3.95. The lowest BCUT2D eigenvalue weighted by atomic mass is 10.1. The van der Waals surface area contributed by atoms with Gasteiger partial charge < -0.3 is 4.52 Å². The van der Waals surface area contributed by atoms with E-state index in [4.69, 9.17) is 4.52 Å². The number of benzene rings is 1. The van der Waals surface area contributed by atoms with Crippen LogP contribution >= 0.6 is 0 Å². The van der Waals surface area contributed by atoms with Gasteiger partial charge >= 0.3 is 0 Å². The molecule has 2 aromatic rings. The van der Waals surface area contributed by atoms with Crippen LogP contribution in [0, 0.1) is 12.7 Å². The second-order valence-corrected chi connectivity index (χ2v) is 2.80. The lowest BCUT2D eigenvalue weighted by Crippen LogP contribution is -1.81. The zero-order valence-electron chi connectivity index (χ0n) is 7.12. The summed E-state index contributed by atoms with van der Waals surface area (Å²) in [6.07, 6.45) is 0. The van der Waals surface area contributed by atoms with Crippen molar-refractivity contribution in [3.8, 4) is 11.3 Å². The van der Waals surface area contributed by atoms with Gasteiger partial charge in [-0.3, -0.25) is 0 Å². The highest BCUT2D eigenvalue weighted by molar-refractivity contribution is 5.59. The predicted octanol–water partition coefficient (Wildman–Crippen LogP) is 2.79. The highest BCUT2D eigenvalue weighted by atomic mass is 19.1. The van der Waals surface area contributed by atoms with Crippen LogP contribution < -0.4 is 0 Å². The third-order valence-electron chi connectivity index (χ3n) is 1.78. The van der Waals surface area contributed by atoms with Crippen molar-refractivity contribution in [3.63, 3.8) is 0 Å². The SMILES string of the molecule is Cc1cc(-c2ccccc2F)no1. The third-order valence-corrected chi connectivity index (χ3v) is 1.78. The molecule has 0 N–H and O–H groups in total. The Morgan fingerprint density at radius 1 is 1.31 bits per heavy atom.